The molecule has 1 fully saturated rings. The number of rotatable bonds is 6. The van der Waals surface area contributed by atoms with Gasteiger partial charge in [-0.2, -0.15) is 0 Å². The van der Waals surface area contributed by atoms with Gasteiger partial charge in [0.05, 0.1) is 0 Å². The van der Waals surface area contributed by atoms with E-state index in [1.807, 2.05) is 0 Å². The number of aryl methyl sites for hydroxylation is 1. The summed E-state index contributed by atoms with van der Waals surface area (Å²) < 4.78 is 0. The van der Waals surface area contributed by atoms with Crippen LogP contribution in [0.4, 0.5) is 0 Å². The van der Waals surface area contributed by atoms with Crippen molar-refractivity contribution in [2.45, 2.75) is 51.5 Å². The van der Waals surface area contributed by atoms with Crippen LogP contribution in [0.3, 0.4) is 0 Å². The van der Waals surface area contributed by atoms with Crippen LogP contribution in [0.2, 0.25) is 0 Å². The van der Waals surface area contributed by atoms with Crippen LogP contribution >= 0.6 is 0 Å². The second-order valence-corrected chi connectivity index (χ2v) is 5.18. The minimum Gasteiger partial charge on any atom is -0.300 e. The first-order chi connectivity index (χ1) is 8.40. The number of likely N-dealkylation sites (tertiary alicyclic amines) is 1. The third-order valence-electron chi connectivity index (χ3n) is 3.97. The van der Waals surface area contributed by atoms with Gasteiger partial charge >= 0.3 is 0 Å². The van der Waals surface area contributed by atoms with E-state index in [0.29, 0.717) is 0 Å². The first kappa shape index (κ1) is 12.6. The summed E-state index contributed by atoms with van der Waals surface area (Å²) in [5, 5.41) is 0. The standard InChI is InChI=1S/C16H25N/c1-2-16(17-13-6-7-14-17)12-8-11-15-9-4-3-5-10-15/h3-5,9-10,16H,2,6-8,11-14H2,1H3. The molecule has 0 amide bonds. The normalized spacial score (nSPS) is 18.4. The van der Waals surface area contributed by atoms with Gasteiger partial charge in [0.1, 0.15) is 0 Å². The lowest BCUT2D eigenvalue weighted by atomic mass is 10.0. The topological polar surface area (TPSA) is 3.24 Å². The molecule has 0 bridgehead atoms. The minimum atomic E-state index is 0.834. The highest BCUT2D eigenvalue weighted by molar-refractivity contribution is 5.14. The third-order valence-corrected chi connectivity index (χ3v) is 3.97. The van der Waals surface area contributed by atoms with Gasteiger partial charge < -0.3 is 4.90 Å². The lowest BCUT2D eigenvalue weighted by Crippen LogP contribution is -2.32. The molecule has 0 aromatic heterocycles. The predicted octanol–water partition coefficient (Wildman–Crippen LogP) is 3.88. The summed E-state index contributed by atoms with van der Waals surface area (Å²) in [7, 11) is 0. The fourth-order valence-corrected chi connectivity index (χ4v) is 2.94. The van der Waals surface area contributed by atoms with Crippen LogP contribution in [0, 0.1) is 0 Å². The minimum absolute atomic E-state index is 0.834. The van der Waals surface area contributed by atoms with Crippen LogP contribution in [-0.4, -0.2) is 24.0 Å². The Morgan fingerprint density at radius 3 is 2.47 bits per heavy atom. The SMILES string of the molecule is CCC(CCCc1ccccc1)N1CCCC1. The molecule has 1 heterocycles. The van der Waals surface area contributed by atoms with Crippen molar-refractivity contribution in [2.24, 2.45) is 0 Å². The van der Waals surface area contributed by atoms with E-state index < -0.39 is 0 Å². The lowest BCUT2D eigenvalue weighted by molar-refractivity contribution is 0.221. The molecule has 0 radical (unpaired) electrons. The van der Waals surface area contributed by atoms with Gasteiger partial charge in [0.15, 0.2) is 0 Å². The summed E-state index contributed by atoms with van der Waals surface area (Å²) in [6.45, 7) is 5.01. The van der Waals surface area contributed by atoms with Crippen LogP contribution in [0.15, 0.2) is 30.3 Å². The smallest absolute Gasteiger partial charge is 0.00927 e. The average molecular weight is 231 g/mol. The van der Waals surface area contributed by atoms with E-state index in [4.69, 9.17) is 0 Å². The van der Waals surface area contributed by atoms with Crippen molar-refractivity contribution in [3.05, 3.63) is 35.9 Å². The van der Waals surface area contributed by atoms with Crippen molar-refractivity contribution in [1.29, 1.82) is 0 Å². The Balaban J connectivity index is 1.72. The molecule has 0 aliphatic carbocycles. The molecular formula is C16H25N. The summed E-state index contributed by atoms with van der Waals surface area (Å²) >= 11 is 0. The van der Waals surface area contributed by atoms with Crippen LogP contribution < -0.4 is 0 Å². The van der Waals surface area contributed by atoms with E-state index in [9.17, 15) is 0 Å². The van der Waals surface area contributed by atoms with Crippen LogP contribution in [-0.2, 0) is 6.42 Å². The maximum absolute atomic E-state index is 2.70. The van der Waals surface area contributed by atoms with Gasteiger partial charge in [0.25, 0.3) is 0 Å². The summed E-state index contributed by atoms with van der Waals surface area (Å²) in [4.78, 5) is 2.70. The zero-order chi connectivity index (χ0) is 11.9. The molecule has 1 atom stereocenters. The van der Waals surface area contributed by atoms with Crippen molar-refractivity contribution in [1.82, 2.24) is 4.90 Å². The Hall–Kier alpha value is -0.820. The van der Waals surface area contributed by atoms with E-state index >= 15 is 0 Å². The molecule has 1 aromatic rings. The van der Waals surface area contributed by atoms with E-state index in [2.05, 4.69) is 42.2 Å². The highest BCUT2D eigenvalue weighted by atomic mass is 15.2. The monoisotopic (exact) mass is 231 g/mol. The zero-order valence-electron chi connectivity index (χ0n) is 11.1. The number of benzene rings is 1. The molecule has 1 aliphatic heterocycles. The molecular weight excluding hydrogens is 206 g/mol. The van der Waals surface area contributed by atoms with Crippen molar-refractivity contribution >= 4 is 0 Å². The van der Waals surface area contributed by atoms with E-state index in [1.54, 1.807) is 0 Å². The number of nitrogens with zero attached hydrogens (tertiary/aromatic N) is 1. The average Bonchev–Trinajstić information content (AvgIpc) is 2.90. The molecule has 0 N–H and O–H groups in total. The predicted molar refractivity (Wildman–Crippen MR) is 74.3 cm³/mol. The fourth-order valence-electron chi connectivity index (χ4n) is 2.94. The Bertz CT molecular complexity index is 301. The Morgan fingerprint density at radius 1 is 1.12 bits per heavy atom. The van der Waals surface area contributed by atoms with Crippen LogP contribution in [0.25, 0.3) is 0 Å². The van der Waals surface area contributed by atoms with E-state index in [1.165, 1.54) is 57.2 Å². The molecule has 17 heavy (non-hydrogen) atoms. The molecule has 1 heteroatoms. The van der Waals surface area contributed by atoms with Gasteiger partial charge in [-0.15, -0.1) is 0 Å². The lowest BCUT2D eigenvalue weighted by Gasteiger charge is -2.26. The number of hydrogen-bond donors (Lipinski definition) is 0. The molecule has 2 rings (SSSR count). The molecule has 0 spiro atoms. The highest BCUT2D eigenvalue weighted by Crippen LogP contribution is 2.18. The van der Waals surface area contributed by atoms with Gasteiger partial charge in [-0.1, -0.05) is 37.3 Å². The first-order valence-electron chi connectivity index (χ1n) is 7.18. The molecule has 94 valence electrons. The first-order valence-corrected chi connectivity index (χ1v) is 7.18. The maximum Gasteiger partial charge on any atom is 0.00927 e. The molecule has 1 aliphatic rings. The summed E-state index contributed by atoms with van der Waals surface area (Å²) in [5.74, 6) is 0. The van der Waals surface area contributed by atoms with Crippen LogP contribution in [0.1, 0.15) is 44.6 Å². The highest BCUT2D eigenvalue weighted by Gasteiger charge is 2.19. The second kappa shape index (κ2) is 6.80. The molecule has 1 unspecified atom stereocenters. The fraction of sp³-hybridized carbons (Fsp3) is 0.625. The van der Waals surface area contributed by atoms with Crippen molar-refractivity contribution in [2.75, 3.05) is 13.1 Å². The summed E-state index contributed by atoms with van der Waals surface area (Å²) in [6, 6.07) is 11.7. The molecule has 1 saturated heterocycles. The zero-order valence-corrected chi connectivity index (χ0v) is 11.1. The van der Waals surface area contributed by atoms with Crippen LogP contribution in [0.5, 0.6) is 0 Å². The van der Waals surface area contributed by atoms with Gasteiger partial charge in [-0.25, -0.2) is 0 Å². The quantitative estimate of drug-likeness (QED) is 0.718. The van der Waals surface area contributed by atoms with Crippen molar-refractivity contribution in [3.8, 4) is 0 Å². The molecule has 1 nitrogen and oxygen atoms in total. The van der Waals surface area contributed by atoms with Crippen molar-refractivity contribution in [3.63, 3.8) is 0 Å². The largest absolute Gasteiger partial charge is 0.300 e. The van der Waals surface area contributed by atoms with Gasteiger partial charge in [0, 0.05) is 6.04 Å². The third kappa shape index (κ3) is 3.85. The molecule has 0 saturated carbocycles. The van der Waals surface area contributed by atoms with Gasteiger partial charge in [0.2, 0.25) is 0 Å². The Kier molecular flexibility index (Phi) is 5.06. The van der Waals surface area contributed by atoms with Gasteiger partial charge in [-0.05, 0) is 57.2 Å². The van der Waals surface area contributed by atoms with Crippen molar-refractivity contribution < 1.29 is 0 Å². The summed E-state index contributed by atoms with van der Waals surface area (Å²) in [5.41, 5.74) is 1.49. The van der Waals surface area contributed by atoms with E-state index in [-0.39, 0.29) is 0 Å². The molecule has 1 aromatic carbocycles. The van der Waals surface area contributed by atoms with E-state index in [0.717, 1.165) is 6.04 Å². The van der Waals surface area contributed by atoms with Gasteiger partial charge in [-0.3, -0.25) is 0 Å². The Labute approximate surface area is 106 Å². The second-order valence-electron chi connectivity index (χ2n) is 5.18. The number of hydrogen-bond acceptors (Lipinski definition) is 1. The summed E-state index contributed by atoms with van der Waals surface area (Å²) in [6.07, 6.45) is 8.08. The Morgan fingerprint density at radius 2 is 1.82 bits per heavy atom. The maximum atomic E-state index is 2.70.